The van der Waals surface area contributed by atoms with Gasteiger partial charge in [-0.05, 0) is 26.3 Å². The highest BCUT2D eigenvalue weighted by Gasteiger charge is 2.36. The molecule has 0 aliphatic carbocycles. The molecular weight excluding hydrogens is 252 g/mol. The molecule has 8 heteroatoms. The first-order valence-electron chi connectivity index (χ1n) is 5.79. The van der Waals surface area contributed by atoms with Crippen LogP contribution < -0.4 is 0 Å². The third kappa shape index (κ3) is 3.96. The topological polar surface area (TPSA) is 108 Å². The first-order chi connectivity index (χ1) is 8.78. The van der Waals surface area contributed by atoms with E-state index in [1.807, 2.05) is 0 Å². The van der Waals surface area contributed by atoms with Crippen LogP contribution in [0.1, 0.15) is 27.2 Å². The number of hydrogen-bond donors (Lipinski definition) is 1. The summed E-state index contributed by atoms with van der Waals surface area (Å²) in [6, 6.07) is -0.440. The second-order valence-corrected chi connectivity index (χ2v) is 5.11. The lowest BCUT2D eigenvalue weighted by Crippen LogP contribution is -2.35. The normalized spacial score (nSPS) is 21.7. The molecule has 1 fully saturated rings. The zero-order valence-corrected chi connectivity index (χ0v) is 11.5. The summed E-state index contributed by atoms with van der Waals surface area (Å²) in [7, 11) is 1.29. The predicted octanol–water partition coefficient (Wildman–Crippen LogP) is 2.68. The Hall–Kier alpha value is -2.08. The molecule has 0 saturated carbocycles. The van der Waals surface area contributed by atoms with Crippen molar-refractivity contribution in [2.45, 2.75) is 38.8 Å². The third-order valence-corrected chi connectivity index (χ3v) is 2.42. The van der Waals surface area contributed by atoms with E-state index in [0.717, 1.165) is 0 Å². The Morgan fingerprint density at radius 1 is 1.58 bits per heavy atom. The number of carbonyl (C=O) groups is 1. The van der Waals surface area contributed by atoms with E-state index in [1.165, 1.54) is 12.0 Å². The summed E-state index contributed by atoms with van der Waals surface area (Å²) in [6.45, 7) is 5.38. The Labute approximate surface area is 111 Å². The monoisotopic (exact) mass is 270 g/mol. The van der Waals surface area contributed by atoms with Crippen LogP contribution in [0.15, 0.2) is 16.8 Å². The summed E-state index contributed by atoms with van der Waals surface area (Å²) in [4.78, 5) is 15.9. The molecule has 1 heterocycles. The Bertz CT molecular complexity index is 434. The van der Waals surface area contributed by atoms with Crippen LogP contribution >= 0.6 is 0 Å². The van der Waals surface area contributed by atoms with E-state index in [2.05, 4.69) is 10.0 Å². The first-order valence-corrected chi connectivity index (χ1v) is 5.79. The summed E-state index contributed by atoms with van der Waals surface area (Å²) in [6.07, 6.45) is -0.384. The lowest BCUT2D eigenvalue weighted by molar-refractivity contribution is 0.0301. The maximum atomic E-state index is 12.0. The maximum absolute atomic E-state index is 12.0. The number of azide groups is 1. The molecule has 1 rings (SSSR count). The molecule has 19 heavy (non-hydrogen) atoms. The molecule has 106 valence electrons. The molecule has 1 atom stereocenters. The highest BCUT2D eigenvalue weighted by Crippen LogP contribution is 2.28. The molecule has 0 spiro atoms. The van der Waals surface area contributed by atoms with Crippen LogP contribution in [-0.2, 0) is 9.47 Å². The van der Waals surface area contributed by atoms with Gasteiger partial charge >= 0.3 is 6.09 Å². The van der Waals surface area contributed by atoms with Gasteiger partial charge in [-0.2, -0.15) is 0 Å². The fraction of sp³-hybridized carbons (Fsp3) is 0.727. The Morgan fingerprint density at radius 3 is 2.68 bits per heavy atom. The standard InChI is InChI=1S/C11H18N4O4/c1-11(2,3)19-10(17)15-6-7(13-14-12)5-8(15)9(16)18-4/h7,16H,5-6H2,1-4H3/b9-8+. The van der Waals surface area contributed by atoms with Crippen molar-refractivity contribution in [2.24, 2.45) is 5.11 Å². The van der Waals surface area contributed by atoms with Gasteiger partial charge in [-0.1, -0.05) is 5.11 Å². The van der Waals surface area contributed by atoms with Crippen molar-refractivity contribution in [2.75, 3.05) is 13.7 Å². The number of methoxy groups -OCH3 is 1. The van der Waals surface area contributed by atoms with Crippen LogP contribution in [0, 0.1) is 0 Å². The van der Waals surface area contributed by atoms with Gasteiger partial charge in [0.2, 0.25) is 0 Å². The molecule has 0 aromatic carbocycles. The fourth-order valence-electron chi connectivity index (χ4n) is 1.69. The Morgan fingerprint density at radius 2 is 2.21 bits per heavy atom. The number of likely N-dealkylation sites (tertiary alicyclic amines) is 1. The van der Waals surface area contributed by atoms with Crippen molar-refractivity contribution >= 4 is 6.09 Å². The lowest BCUT2D eigenvalue weighted by atomic mass is 10.2. The van der Waals surface area contributed by atoms with Gasteiger partial charge in [0.15, 0.2) is 0 Å². The number of rotatable bonds is 2. The summed E-state index contributed by atoms with van der Waals surface area (Å²) in [5, 5.41) is 13.2. The van der Waals surface area contributed by atoms with E-state index in [4.69, 9.17) is 15.0 Å². The molecule has 0 aromatic heterocycles. The highest BCUT2D eigenvalue weighted by atomic mass is 16.6. The van der Waals surface area contributed by atoms with Crippen LogP contribution in [0.25, 0.3) is 10.4 Å². The van der Waals surface area contributed by atoms with E-state index in [0.29, 0.717) is 0 Å². The van der Waals surface area contributed by atoms with E-state index < -0.39 is 17.7 Å². The molecule has 1 saturated heterocycles. The second kappa shape index (κ2) is 5.71. The molecule has 8 nitrogen and oxygen atoms in total. The number of ether oxygens (including phenoxy) is 2. The third-order valence-electron chi connectivity index (χ3n) is 2.42. The minimum absolute atomic E-state index is 0.154. The number of aliphatic hydroxyl groups excluding tert-OH is 1. The van der Waals surface area contributed by atoms with Crippen LogP contribution in [-0.4, -0.2) is 41.4 Å². The summed E-state index contributed by atoms with van der Waals surface area (Å²) in [5.74, 6) is -0.374. The molecule has 1 aliphatic heterocycles. The first kappa shape index (κ1) is 15.0. The quantitative estimate of drug-likeness (QED) is 0.360. The van der Waals surface area contributed by atoms with Gasteiger partial charge in [0.25, 0.3) is 5.95 Å². The van der Waals surface area contributed by atoms with Crippen LogP contribution in [0.2, 0.25) is 0 Å². The molecular formula is C11H18N4O4. The van der Waals surface area contributed by atoms with Crippen LogP contribution in [0.5, 0.6) is 0 Å². The molecule has 0 aromatic rings. The molecule has 1 unspecified atom stereocenters. The van der Waals surface area contributed by atoms with Crippen LogP contribution in [0.3, 0.4) is 0 Å². The van der Waals surface area contributed by atoms with Gasteiger partial charge in [-0.25, -0.2) is 4.79 Å². The van der Waals surface area contributed by atoms with Gasteiger partial charge in [-0.3, -0.25) is 4.90 Å². The maximum Gasteiger partial charge on any atom is 0.414 e. The van der Waals surface area contributed by atoms with Crippen molar-refractivity contribution in [3.8, 4) is 0 Å². The van der Waals surface area contributed by atoms with Crippen LogP contribution in [0.4, 0.5) is 4.79 Å². The van der Waals surface area contributed by atoms with E-state index in [1.54, 1.807) is 20.8 Å². The molecule has 0 radical (unpaired) electrons. The van der Waals surface area contributed by atoms with Crippen molar-refractivity contribution in [1.29, 1.82) is 0 Å². The fourth-order valence-corrected chi connectivity index (χ4v) is 1.69. The van der Waals surface area contributed by atoms with Crippen molar-refractivity contribution in [3.63, 3.8) is 0 Å². The molecule has 0 bridgehead atoms. The molecule has 1 aliphatic rings. The molecule has 1 N–H and O–H groups in total. The predicted molar refractivity (Wildman–Crippen MR) is 67.2 cm³/mol. The van der Waals surface area contributed by atoms with Gasteiger partial charge in [0, 0.05) is 17.9 Å². The summed E-state index contributed by atoms with van der Waals surface area (Å²) < 4.78 is 9.95. The van der Waals surface area contributed by atoms with Crippen molar-refractivity contribution in [3.05, 3.63) is 22.1 Å². The van der Waals surface area contributed by atoms with Gasteiger partial charge in [0.05, 0.1) is 13.2 Å². The Balaban J connectivity index is 2.96. The number of nitrogens with zero attached hydrogens (tertiary/aromatic N) is 4. The zero-order chi connectivity index (χ0) is 14.6. The number of aliphatic hydroxyl groups is 1. The van der Waals surface area contributed by atoms with Crippen molar-refractivity contribution in [1.82, 2.24) is 4.90 Å². The van der Waals surface area contributed by atoms with E-state index in [-0.39, 0.29) is 24.6 Å². The van der Waals surface area contributed by atoms with E-state index in [9.17, 15) is 9.90 Å². The SMILES string of the molecule is CO/C(O)=C1\CC(N=[N+]=[N-])CN1C(=O)OC(C)(C)C. The zero-order valence-electron chi connectivity index (χ0n) is 11.5. The van der Waals surface area contributed by atoms with Crippen molar-refractivity contribution < 1.29 is 19.4 Å². The second-order valence-electron chi connectivity index (χ2n) is 5.11. The minimum Gasteiger partial charge on any atom is -0.480 e. The van der Waals surface area contributed by atoms with E-state index >= 15 is 0 Å². The largest absolute Gasteiger partial charge is 0.480 e. The minimum atomic E-state index is -0.651. The Kier molecular flexibility index (Phi) is 4.50. The van der Waals surface area contributed by atoms with Gasteiger partial charge < -0.3 is 14.6 Å². The number of hydrogen-bond acceptors (Lipinski definition) is 5. The summed E-state index contributed by atoms with van der Waals surface area (Å²) >= 11 is 0. The average molecular weight is 270 g/mol. The average Bonchev–Trinajstić information content (AvgIpc) is 2.70. The lowest BCUT2D eigenvalue weighted by Gasteiger charge is -2.25. The number of amides is 1. The number of carbonyl (C=O) groups excluding carboxylic acids is 1. The van der Waals surface area contributed by atoms with Gasteiger partial charge in [0.1, 0.15) is 11.3 Å². The smallest absolute Gasteiger partial charge is 0.414 e. The highest BCUT2D eigenvalue weighted by molar-refractivity contribution is 5.71. The molecule has 1 amide bonds. The van der Waals surface area contributed by atoms with Gasteiger partial charge in [-0.15, -0.1) is 0 Å². The summed E-state index contributed by atoms with van der Waals surface area (Å²) in [5.41, 5.74) is 8.04.